The van der Waals surface area contributed by atoms with Gasteiger partial charge < -0.3 is 10.1 Å². The molecule has 1 aliphatic carbocycles. The first-order valence-corrected chi connectivity index (χ1v) is 11.9. The van der Waals surface area contributed by atoms with Crippen LogP contribution in [0.25, 0.3) is 23.3 Å². The highest BCUT2D eigenvalue weighted by molar-refractivity contribution is 7.92. The normalized spacial score (nSPS) is 15.2. The van der Waals surface area contributed by atoms with Crippen molar-refractivity contribution in [2.45, 2.75) is 18.3 Å². The van der Waals surface area contributed by atoms with Crippen LogP contribution in [0.3, 0.4) is 0 Å². The van der Waals surface area contributed by atoms with E-state index < -0.39 is 10.0 Å². The van der Waals surface area contributed by atoms with Crippen molar-refractivity contribution in [2.75, 3.05) is 17.6 Å². The van der Waals surface area contributed by atoms with Crippen LogP contribution < -0.4 is 10.3 Å². The van der Waals surface area contributed by atoms with Gasteiger partial charge in [-0.2, -0.15) is 0 Å². The summed E-state index contributed by atoms with van der Waals surface area (Å²) in [5.41, 5.74) is 4.39. The summed E-state index contributed by atoms with van der Waals surface area (Å²) in [7, 11) is -3.31. The molecule has 0 unspecified atom stereocenters. The highest BCUT2D eigenvalue weighted by Gasteiger charge is 2.43. The Labute approximate surface area is 181 Å². The Kier molecular flexibility index (Phi) is 5.56. The lowest BCUT2D eigenvalue weighted by atomic mass is 9.91. The predicted molar refractivity (Wildman–Crippen MR) is 124 cm³/mol. The third-order valence-electron chi connectivity index (χ3n) is 5.54. The number of aromatic nitrogens is 1. The van der Waals surface area contributed by atoms with Gasteiger partial charge in [-0.15, -0.1) is 0 Å². The fourth-order valence-corrected chi connectivity index (χ4v) is 4.18. The van der Waals surface area contributed by atoms with E-state index in [9.17, 15) is 18.3 Å². The van der Waals surface area contributed by atoms with Gasteiger partial charge >= 0.3 is 0 Å². The first-order chi connectivity index (χ1) is 14.8. The number of hydrogen-bond donors (Lipinski definition) is 3. The van der Waals surface area contributed by atoms with Crippen LogP contribution in [0.1, 0.15) is 29.5 Å². The van der Waals surface area contributed by atoms with Crippen LogP contribution in [0.5, 0.6) is 0 Å². The highest BCUT2D eigenvalue weighted by atomic mass is 32.2. The topological polar surface area (TPSA) is 99.3 Å². The van der Waals surface area contributed by atoms with Crippen molar-refractivity contribution in [3.63, 3.8) is 0 Å². The van der Waals surface area contributed by atoms with Crippen molar-refractivity contribution in [1.29, 1.82) is 0 Å². The van der Waals surface area contributed by atoms with Crippen LogP contribution in [0.15, 0.2) is 65.6 Å². The van der Waals surface area contributed by atoms with Gasteiger partial charge in [0.25, 0.3) is 5.56 Å². The molecule has 0 saturated heterocycles. The van der Waals surface area contributed by atoms with Crippen LogP contribution in [0.2, 0.25) is 0 Å². The molecule has 31 heavy (non-hydrogen) atoms. The Balaban J connectivity index is 1.68. The lowest BCUT2D eigenvalue weighted by molar-refractivity contribution is 0.255. The molecule has 1 heterocycles. The van der Waals surface area contributed by atoms with E-state index in [1.165, 1.54) is 0 Å². The molecule has 1 fully saturated rings. The number of pyridine rings is 1. The van der Waals surface area contributed by atoms with Crippen LogP contribution >= 0.6 is 0 Å². The van der Waals surface area contributed by atoms with E-state index in [1.807, 2.05) is 36.4 Å². The van der Waals surface area contributed by atoms with Gasteiger partial charge in [0.1, 0.15) is 0 Å². The SMILES string of the molecule is CS(=O)(=O)Nc1ccc(C=Cc2cc(-c3ccc[nH]c3=O)cc(C3(CO)CC3)c2)cc1. The number of anilines is 1. The maximum absolute atomic E-state index is 12.3. The zero-order valence-electron chi connectivity index (χ0n) is 17.1. The summed E-state index contributed by atoms with van der Waals surface area (Å²) >= 11 is 0. The maximum atomic E-state index is 12.3. The quantitative estimate of drug-likeness (QED) is 0.493. The van der Waals surface area contributed by atoms with E-state index >= 15 is 0 Å². The average molecular weight is 437 g/mol. The maximum Gasteiger partial charge on any atom is 0.255 e. The van der Waals surface area contributed by atoms with Gasteiger partial charge in [0.15, 0.2) is 0 Å². The Morgan fingerprint density at radius 1 is 1.06 bits per heavy atom. The molecule has 0 radical (unpaired) electrons. The lowest BCUT2D eigenvalue weighted by Crippen LogP contribution is -2.13. The molecule has 3 N–H and O–H groups in total. The van der Waals surface area contributed by atoms with Crippen molar-refractivity contribution in [3.05, 3.63) is 87.8 Å². The van der Waals surface area contributed by atoms with E-state index in [2.05, 4.69) is 15.8 Å². The first-order valence-electron chi connectivity index (χ1n) is 9.98. The second-order valence-electron chi connectivity index (χ2n) is 8.02. The number of H-pyrrole nitrogens is 1. The van der Waals surface area contributed by atoms with Gasteiger partial charge in [-0.25, -0.2) is 8.42 Å². The third-order valence-corrected chi connectivity index (χ3v) is 6.14. The molecule has 3 aromatic rings. The molecule has 1 aromatic heterocycles. The van der Waals surface area contributed by atoms with Crippen molar-refractivity contribution in [2.24, 2.45) is 0 Å². The minimum Gasteiger partial charge on any atom is -0.395 e. The molecular weight excluding hydrogens is 412 g/mol. The number of hydrogen-bond acceptors (Lipinski definition) is 4. The molecule has 0 amide bonds. The van der Waals surface area contributed by atoms with Crippen molar-refractivity contribution < 1.29 is 13.5 Å². The number of nitrogens with one attached hydrogen (secondary N) is 2. The fourth-order valence-electron chi connectivity index (χ4n) is 3.62. The molecular formula is C24H24N2O4S. The highest BCUT2D eigenvalue weighted by Crippen LogP contribution is 2.48. The second-order valence-corrected chi connectivity index (χ2v) is 9.77. The molecule has 4 rings (SSSR count). The molecule has 0 atom stereocenters. The van der Waals surface area contributed by atoms with Gasteiger partial charge in [0.2, 0.25) is 10.0 Å². The predicted octanol–water partition coefficient (Wildman–Crippen LogP) is 3.61. The summed E-state index contributed by atoms with van der Waals surface area (Å²) in [6.45, 7) is 0.0829. The monoisotopic (exact) mass is 436 g/mol. The summed E-state index contributed by atoms with van der Waals surface area (Å²) < 4.78 is 25.1. The molecule has 1 aliphatic rings. The molecule has 0 spiro atoms. The van der Waals surface area contributed by atoms with E-state index in [0.29, 0.717) is 11.3 Å². The Morgan fingerprint density at radius 2 is 1.77 bits per heavy atom. The minimum atomic E-state index is -3.31. The summed E-state index contributed by atoms with van der Waals surface area (Å²) in [4.78, 5) is 15.0. The number of benzene rings is 2. The zero-order valence-corrected chi connectivity index (χ0v) is 17.9. The van der Waals surface area contributed by atoms with Crippen molar-refractivity contribution >= 4 is 27.9 Å². The summed E-state index contributed by atoms with van der Waals surface area (Å²) in [5.74, 6) is 0. The van der Waals surface area contributed by atoms with Crippen LogP contribution in [-0.4, -0.2) is 31.4 Å². The molecule has 7 heteroatoms. The van der Waals surface area contributed by atoms with Crippen LogP contribution in [-0.2, 0) is 15.4 Å². The molecule has 2 aromatic carbocycles. The molecule has 1 saturated carbocycles. The van der Waals surface area contributed by atoms with E-state index in [-0.39, 0.29) is 17.6 Å². The number of aliphatic hydroxyl groups is 1. The molecule has 160 valence electrons. The summed E-state index contributed by atoms with van der Waals surface area (Å²) in [6.07, 6.45) is 8.46. The van der Waals surface area contributed by atoms with E-state index in [4.69, 9.17) is 0 Å². The summed E-state index contributed by atoms with van der Waals surface area (Å²) in [6, 6.07) is 16.7. The van der Waals surface area contributed by atoms with Gasteiger partial charge in [0, 0.05) is 22.9 Å². The minimum absolute atomic E-state index is 0.0829. The smallest absolute Gasteiger partial charge is 0.255 e. The number of aromatic amines is 1. The van der Waals surface area contributed by atoms with E-state index in [1.54, 1.807) is 30.5 Å². The van der Waals surface area contributed by atoms with Crippen molar-refractivity contribution in [1.82, 2.24) is 4.98 Å². The zero-order chi connectivity index (χ0) is 22.1. The average Bonchev–Trinajstić information content (AvgIpc) is 3.54. The first kappa shape index (κ1) is 21.1. The largest absolute Gasteiger partial charge is 0.395 e. The van der Waals surface area contributed by atoms with Crippen molar-refractivity contribution in [3.8, 4) is 11.1 Å². The van der Waals surface area contributed by atoms with Crippen LogP contribution in [0.4, 0.5) is 5.69 Å². The van der Waals surface area contributed by atoms with E-state index in [0.717, 1.165) is 41.4 Å². The number of sulfonamides is 1. The molecule has 0 bridgehead atoms. The summed E-state index contributed by atoms with van der Waals surface area (Å²) in [5, 5.41) is 9.90. The Bertz CT molecular complexity index is 1290. The number of aliphatic hydroxyl groups excluding tert-OH is 1. The molecule has 0 aliphatic heterocycles. The lowest BCUT2D eigenvalue weighted by Gasteiger charge is -2.15. The Morgan fingerprint density at radius 3 is 2.39 bits per heavy atom. The van der Waals surface area contributed by atoms with Gasteiger partial charge in [-0.05, 0) is 65.4 Å². The standard InChI is InChI=1S/C24H24N2O4S/c1-31(29,30)26-21-8-6-17(7-9-21)4-5-18-13-19(22-3-2-12-25-23(22)28)15-20(14-18)24(16-27)10-11-24/h2-9,12-15,26-27H,10-11,16H2,1H3,(H,25,28). The molecule has 6 nitrogen and oxygen atoms in total. The fraction of sp³-hybridized carbons (Fsp3) is 0.208. The van der Waals surface area contributed by atoms with Gasteiger partial charge in [-0.3, -0.25) is 9.52 Å². The Hall–Kier alpha value is -3.16. The number of rotatable bonds is 7. The third kappa shape index (κ3) is 4.95. The van der Waals surface area contributed by atoms with Gasteiger partial charge in [-0.1, -0.05) is 36.4 Å². The second kappa shape index (κ2) is 8.17. The van der Waals surface area contributed by atoms with Crippen LogP contribution in [0, 0.1) is 0 Å². The van der Waals surface area contributed by atoms with Gasteiger partial charge in [0.05, 0.1) is 12.9 Å².